The average molecular weight is 418 g/mol. The number of benzene rings is 2. The maximum atomic E-state index is 13.5. The first kappa shape index (κ1) is 19.7. The van der Waals surface area contributed by atoms with E-state index in [4.69, 9.17) is 9.84 Å². The quantitative estimate of drug-likeness (QED) is 0.500. The topological polar surface area (TPSA) is 71.9 Å². The van der Waals surface area contributed by atoms with Gasteiger partial charge in [-0.15, -0.1) is 0 Å². The maximum Gasteiger partial charge on any atom is 0.254 e. The van der Waals surface area contributed by atoms with Gasteiger partial charge in [0.25, 0.3) is 5.56 Å². The minimum absolute atomic E-state index is 0.157. The second-order valence-electron chi connectivity index (χ2n) is 7.75. The molecule has 1 saturated heterocycles. The molecular formula is C24H23FN4O2. The number of aromatic nitrogens is 3. The van der Waals surface area contributed by atoms with Crippen LogP contribution in [0.1, 0.15) is 18.4 Å². The number of halogens is 1. The summed E-state index contributed by atoms with van der Waals surface area (Å²) in [6, 6.07) is 17.7. The molecule has 0 saturated carbocycles. The van der Waals surface area contributed by atoms with Gasteiger partial charge in [-0.1, -0.05) is 18.2 Å². The Morgan fingerprint density at radius 1 is 1.16 bits per heavy atom. The van der Waals surface area contributed by atoms with Crippen molar-refractivity contribution < 1.29 is 9.13 Å². The molecule has 6 nitrogen and oxygen atoms in total. The molecule has 1 fully saturated rings. The summed E-state index contributed by atoms with van der Waals surface area (Å²) in [7, 11) is 0. The number of rotatable bonds is 6. The molecule has 1 aliphatic rings. The molecule has 0 bridgehead atoms. The number of nitrogens with one attached hydrogen (secondary N) is 2. The third-order valence-electron chi connectivity index (χ3n) is 5.59. The molecule has 0 aliphatic carbocycles. The van der Waals surface area contributed by atoms with E-state index in [1.165, 1.54) is 12.1 Å². The molecule has 2 aromatic heterocycles. The van der Waals surface area contributed by atoms with Gasteiger partial charge in [-0.05, 0) is 55.3 Å². The predicted molar refractivity (Wildman–Crippen MR) is 118 cm³/mol. The van der Waals surface area contributed by atoms with Gasteiger partial charge in [0.2, 0.25) is 0 Å². The second-order valence-corrected chi connectivity index (χ2v) is 7.75. The van der Waals surface area contributed by atoms with Crippen molar-refractivity contribution in [3.05, 3.63) is 82.4 Å². The molecular weight excluding hydrogens is 395 g/mol. The van der Waals surface area contributed by atoms with Gasteiger partial charge >= 0.3 is 0 Å². The first-order valence-corrected chi connectivity index (χ1v) is 10.5. The second kappa shape index (κ2) is 8.45. The monoisotopic (exact) mass is 418 g/mol. The minimum atomic E-state index is -0.303. The lowest BCUT2D eigenvalue weighted by molar-refractivity contribution is 0.110. The van der Waals surface area contributed by atoms with Crippen LogP contribution in [0.25, 0.3) is 28.0 Å². The largest absolute Gasteiger partial charge is 0.377 e. The fourth-order valence-corrected chi connectivity index (χ4v) is 4.00. The summed E-state index contributed by atoms with van der Waals surface area (Å²) in [5.74, 6) is -0.303. The highest BCUT2D eigenvalue weighted by molar-refractivity contribution is 5.92. The number of nitrogens with zero attached hydrogens (tertiary/aromatic N) is 2. The summed E-state index contributed by atoms with van der Waals surface area (Å²) in [4.78, 5) is 15.8. The Morgan fingerprint density at radius 3 is 2.71 bits per heavy atom. The lowest BCUT2D eigenvalue weighted by Crippen LogP contribution is -2.28. The van der Waals surface area contributed by atoms with Gasteiger partial charge in [-0.3, -0.25) is 4.79 Å². The van der Waals surface area contributed by atoms with E-state index in [1.54, 1.807) is 16.8 Å². The van der Waals surface area contributed by atoms with E-state index in [2.05, 4.69) is 10.3 Å². The number of para-hydroxylation sites is 1. The smallest absolute Gasteiger partial charge is 0.254 e. The van der Waals surface area contributed by atoms with Crippen LogP contribution in [0, 0.1) is 5.82 Å². The van der Waals surface area contributed by atoms with Crippen molar-refractivity contribution in [1.82, 2.24) is 20.1 Å². The summed E-state index contributed by atoms with van der Waals surface area (Å²) in [6.07, 6.45) is 2.33. The highest BCUT2D eigenvalue weighted by Gasteiger charge is 2.18. The Morgan fingerprint density at radius 2 is 1.97 bits per heavy atom. The molecule has 0 radical (unpaired) electrons. The summed E-state index contributed by atoms with van der Waals surface area (Å²) in [6.45, 7) is 1.95. The van der Waals surface area contributed by atoms with Gasteiger partial charge in [-0.25, -0.2) is 9.07 Å². The van der Waals surface area contributed by atoms with E-state index in [9.17, 15) is 9.18 Å². The van der Waals surface area contributed by atoms with Gasteiger partial charge in [-0.2, -0.15) is 5.10 Å². The molecule has 1 atom stereocenters. The van der Waals surface area contributed by atoms with Crippen LogP contribution in [0.3, 0.4) is 0 Å². The van der Waals surface area contributed by atoms with Crippen LogP contribution in [0.2, 0.25) is 0 Å². The standard InChI is InChI=1S/C24H23FN4O2/c25-18-10-8-16(9-11-18)22-21-13-17(14-26-15-20-7-4-12-31-20)24(30)27-23(21)29(28-22)19-5-2-1-3-6-19/h1-3,5-6,8-11,13,20,26H,4,7,12,14-15H2,(H,27,30)/t20-/m1/s1. The average Bonchev–Trinajstić information content (AvgIpc) is 3.43. The van der Waals surface area contributed by atoms with Crippen molar-refractivity contribution in [2.75, 3.05) is 13.2 Å². The fraction of sp³-hybridized carbons (Fsp3) is 0.250. The van der Waals surface area contributed by atoms with Crippen molar-refractivity contribution in [2.24, 2.45) is 0 Å². The molecule has 31 heavy (non-hydrogen) atoms. The molecule has 3 heterocycles. The molecule has 1 aliphatic heterocycles. The first-order valence-electron chi connectivity index (χ1n) is 10.5. The summed E-state index contributed by atoms with van der Waals surface area (Å²) < 4.78 is 20.8. The number of hydrogen-bond donors (Lipinski definition) is 2. The minimum Gasteiger partial charge on any atom is -0.377 e. The third kappa shape index (κ3) is 4.02. The number of H-pyrrole nitrogens is 1. The van der Waals surface area contributed by atoms with Gasteiger partial charge in [0.1, 0.15) is 17.2 Å². The maximum absolute atomic E-state index is 13.5. The van der Waals surface area contributed by atoms with Crippen LogP contribution < -0.4 is 10.9 Å². The van der Waals surface area contributed by atoms with E-state index >= 15 is 0 Å². The van der Waals surface area contributed by atoms with Crippen molar-refractivity contribution in [2.45, 2.75) is 25.5 Å². The molecule has 5 rings (SSSR count). The zero-order valence-corrected chi connectivity index (χ0v) is 17.0. The van der Waals surface area contributed by atoms with Crippen molar-refractivity contribution in [3.63, 3.8) is 0 Å². The lowest BCUT2D eigenvalue weighted by Gasteiger charge is -2.10. The lowest BCUT2D eigenvalue weighted by atomic mass is 10.1. The summed E-state index contributed by atoms with van der Waals surface area (Å²) in [5.41, 5.74) is 3.39. The molecule has 0 unspecified atom stereocenters. The normalized spacial score (nSPS) is 16.2. The number of hydrogen-bond acceptors (Lipinski definition) is 4. The number of aromatic amines is 1. The van der Waals surface area contributed by atoms with Crippen LogP contribution in [-0.2, 0) is 11.3 Å². The predicted octanol–water partition coefficient (Wildman–Crippen LogP) is 3.79. The van der Waals surface area contributed by atoms with E-state index in [-0.39, 0.29) is 17.5 Å². The summed E-state index contributed by atoms with van der Waals surface area (Å²) in [5, 5.41) is 8.91. The molecule has 0 spiro atoms. The summed E-state index contributed by atoms with van der Waals surface area (Å²) >= 11 is 0. The highest BCUT2D eigenvalue weighted by atomic mass is 19.1. The van der Waals surface area contributed by atoms with Crippen molar-refractivity contribution in [1.29, 1.82) is 0 Å². The highest BCUT2D eigenvalue weighted by Crippen LogP contribution is 2.29. The molecule has 2 N–H and O–H groups in total. The van der Waals surface area contributed by atoms with Gasteiger partial charge in [0, 0.05) is 36.2 Å². The Hall–Kier alpha value is -3.29. The van der Waals surface area contributed by atoms with Crippen molar-refractivity contribution >= 4 is 11.0 Å². The molecule has 7 heteroatoms. The van der Waals surface area contributed by atoms with E-state index in [0.29, 0.717) is 30.0 Å². The van der Waals surface area contributed by atoms with Gasteiger partial charge in [0.05, 0.1) is 11.8 Å². The van der Waals surface area contributed by atoms with Crippen LogP contribution in [0.5, 0.6) is 0 Å². The number of pyridine rings is 1. The SMILES string of the molecule is O=c1[nH]c2c(cc1CNC[C@H]1CCCO1)c(-c1ccc(F)cc1)nn2-c1ccccc1. The molecule has 4 aromatic rings. The Bertz CT molecular complexity index is 1240. The van der Waals surface area contributed by atoms with Crippen LogP contribution >= 0.6 is 0 Å². The number of fused-ring (bicyclic) bond motifs is 1. The van der Waals surface area contributed by atoms with Gasteiger partial charge < -0.3 is 15.0 Å². The van der Waals surface area contributed by atoms with Crippen LogP contribution in [0.15, 0.2) is 65.5 Å². The van der Waals surface area contributed by atoms with Crippen LogP contribution in [0.4, 0.5) is 4.39 Å². The molecule has 158 valence electrons. The molecule has 0 amide bonds. The fourth-order valence-electron chi connectivity index (χ4n) is 4.00. The van der Waals surface area contributed by atoms with Crippen molar-refractivity contribution in [3.8, 4) is 16.9 Å². The van der Waals surface area contributed by atoms with E-state index < -0.39 is 0 Å². The number of ether oxygens (including phenoxy) is 1. The van der Waals surface area contributed by atoms with E-state index in [0.717, 1.165) is 36.1 Å². The van der Waals surface area contributed by atoms with Gasteiger partial charge in [0.15, 0.2) is 0 Å². The van der Waals surface area contributed by atoms with Crippen LogP contribution in [-0.4, -0.2) is 34.0 Å². The Balaban J connectivity index is 1.56. The first-order chi connectivity index (χ1) is 15.2. The Kier molecular flexibility index (Phi) is 5.36. The zero-order chi connectivity index (χ0) is 21.2. The third-order valence-corrected chi connectivity index (χ3v) is 5.59. The zero-order valence-electron chi connectivity index (χ0n) is 17.0. The molecule has 2 aromatic carbocycles. The Labute approximate surface area is 178 Å². The van der Waals surface area contributed by atoms with E-state index in [1.807, 2.05) is 36.4 Å².